The van der Waals surface area contributed by atoms with Gasteiger partial charge in [-0.2, -0.15) is 0 Å². The zero-order valence-corrected chi connectivity index (χ0v) is 10.3. The predicted molar refractivity (Wildman–Crippen MR) is 64.6 cm³/mol. The Labute approximate surface area is 93.9 Å². The molecule has 1 heterocycles. The number of aryl methyl sites for hydroxylation is 1. The zero-order valence-electron chi connectivity index (χ0n) is 8.63. The Morgan fingerprint density at radius 2 is 2.36 bits per heavy atom. The summed E-state index contributed by atoms with van der Waals surface area (Å²) in [5.41, 5.74) is 1.06. The van der Waals surface area contributed by atoms with Crippen LogP contribution in [0.25, 0.3) is 0 Å². The quantitative estimate of drug-likeness (QED) is 0.775. The molecule has 2 N–H and O–H groups in total. The summed E-state index contributed by atoms with van der Waals surface area (Å²) in [6.07, 6.45) is 0. The number of nitrogens with one attached hydrogen (secondary N) is 2. The average molecular weight is 229 g/mol. The minimum Gasteiger partial charge on any atom is -0.361 e. The Morgan fingerprint density at radius 1 is 1.64 bits per heavy atom. The number of hydrogen-bond donors (Lipinski definition) is 2. The summed E-state index contributed by atoms with van der Waals surface area (Å²) in [7, 11) is 0. The standard InChI is InChI=1S/C9H15N3S2/c1-6(2)11-9(13)10-4-8-12-7(3)5-14-8/h5-6H,4H2,1-3H3,(H2,10,11,13). The van der Waals surface area contributed by atoms with E-state index in [1.54, 1.807) is 11.3 Å². The highest BCUT2D eigenvalue weighted by molar-refractivity contribution is 7.80. The molecule has 0 radical (unpaired) electrons. The molecule has 5 heteroatoms. The van der Waals surface area contributed by atoms with Crippen LogP contribution < -0.4 is 10.6 Å². The maximum atomic E-state index is 5.09. The number of thiocarbonyl (C=S) groups is 1. The Kier molecular flexibility index (Phi) is 4.28. The van der Waals surface area contributed by atoms with E-state index in [1.165, 1.54) is 0 Å². The van der Waals surface area contributed by atoms with Crippen molar-refractivity contribution < 1.29 is 0 Å². The molecule has 0 aliphatic heterocycles. The van der Waals surface area contributed by atoms with Crippen LogP contribution in [0.5, 0.6) is 0 Å². The second-order valence-electron chi connectivity index (χ2n) is 3.36. The van der Waals surface area contributed by atoms with Gasteiger partial charge in [-0.05, 0) is 33.0 Å². The van der Waals surface area contributed by atoms with E-state index >= 15 is 0 Å². The van der Waals surface area contributed by atoms with Crippen molar-refractivity contribution in [2.45, 2.75) is 33.4 Å². The van der Waals surface area contributed by atoms with Gasteiger partial charge in [-0.3, -0.25) is 0 Å². The van der Waals surface area contributed by atoms with Crippen molar-refractivity contribution >= 4 is 28.7 Å². The summed E-state index contributed by atoms with van der Waals surface area (Å²) in [5, 5.41) is 10.0. The first kappa shape index (κ1) is 11.4. The van der Waals surface area contributed by atoms with E-state index in [-0.39, 0.29) is 0 Å². The highest BCUT2D eigenvalue weighted by Crippen LogP contribution is 2.07. The van der Waals surface area contributed by atoms with Gasteiger partial charge >= 0.3 is 0 Å². The van der Waals surface area contributed by atoms with Crippen LogP contribution in [0.4, 0.5) is 0 Å². The van der Waals surface area contributed by atoms with E-state index in [1.807, 2.05) is 12.3 Å². The van der Waals surface area contributed by atoms with E-state index < -0.39 is 0 Å². The molecule has 3 nitrogen and oxygen atoms in total. The van der Waals surface area contributed by atoms with E-state index in [9.17, 15) is 0 Å². The van der Waals surface area contributed by atoms with Gasteiger partial charge in [-0.1, -0.05) is 0 Å². The number of rotatable bonds is 3. The number of aromatic nitrogens is 1. The summed E-state index contributed by atoms with van der Waals surface area (Å²) in [6.45, 7) is 6.81. The van der Waals surface area contributed by atoms with Crippen LogP contribution in [-0.2, 0) is 6.54 Å². The van der Waals surface area contributed by atoms with Gasteiger partial charge in [0, 0.05) is 17.1 Å². The molecular weight excluding hydrogens is 214 g/mol. The van der Waals surface area contributed by atoms with Crippen molar-refractivity contribution in [2.24, 2.45) is 0 Å². The zero-order chi connectivity index (χ0) is 10.6. The first-order chi connectivity index (χ1) is 6.58. The van der Waals surface area contributed by atoms with Gasteiger partial charge in [0.25, 0.3) is 0 Å². The second kappa shape index (κ2) is 5.26. The molecule has 1 rings (SSSR count). The topological polar surface area (TPSA) is 37.0 Å². The molecule has 78 valence electrons. The molecule has 0 spiro atoms. The largest absolute Gasteiger partial charge is 0.361 e. The Balaban J connectivity index is 2.30. The van der Waals surface area contributed by atoms with Crippen LogP contribution in [0.15, 0.2) is 5.38 Å². The lowest BCUT2D eigenvalue weighted by Crippen LogP contribution is -2.38. The number of hydrogen-bond acceptors (Lipinski definition) is 3. The monoisotopic (exact) mass is 229 g/mol. The van der Waals surface area contributed by atoms with E-state index in [0.29, 0.717) is 17.7 Å². The lowest BCUT2D eigenvalue weighted by molar-refractivity contribution is 0.711. The van der Waals surface area contributed by atoms with Crippen LogP contribution in [-0.4, -0.2) is 16.1 Å². The molecule has 0 fully saturated rings. The highest BCUT2D eigenvalue weighted by atomic mass is 32.1. The molecule has 14 heavy (non-hydrogen) atoms. The summed E-state index contributed by atoms with van der Waals surface area (Å²) in [6, 6.07) is 0.369. The molecular formula is C9H15N3S2. The fourth-order valence-electron chi connectivity index (χ4n) is 0.953. The van der Waals surface area contributed by atoms with E-state index in [4.69, 9.17) is 12.2 Å². The summed E-state index contributed by atoms with van der Waals surface area (Å²) >= 11 is 6.74. The van der Waals surface area contributed by atoms with Gasteiger partial charge in [-0.25, -0.2) is 4.98 Å². The summed E-state index contributed by atoms with van der Waals surface area (Å²) in [5.74, 6) is 0. The van der Waals surface area contributed by atoms with Crippen molar-refractivity contribution in [1.29, 1.82) is 0 Å². The molecule has 1 aromatic heterocycles. The molecule has 0 saturated carbocycles. The van der Waals surface area contributed by atoms with E-state index in [2.05, 4.69) is 29.5 Å². The smallest absolute Gasteiger partial charge is 0.166 e. The van der Waals surface area contributed by atoms with Crippen molar-refractivity contribution in [2.75, 3.05) is 0 Å². The van der Waals surface area contributed by atoms with E-state index in [0.717, 1.165) is 10.7 Å². The van der Waals surface area contributed by atoms with Crippen molar-refractivity contribution in [1.82, 2.24) is 15.6 Å². The Bertz CT molecular complexity index is 307. The molecule has 0 aliphatic rings. The van der Waals surface area contributed by atoms with Crippen molar-refractivity contribution in [3.05, 3.63) is 16.1 Å². The average Bonchev–Trinajstić information content (AvgIpc) is 2.47. The maximum Gasteiger partial charge on any atom is 0.166 e. The number of nitrogens with zero attached hydrogens (tertiary/aromatic N) is 1. The number of thiazole rings is 1. The molecule has 0 unspecified atom stereocenters. The van der Waals surface area contributed by atoms with Crippen molar-refractivity contribution in [3.63, 3.8) is 0 Å². The summed E-state index contributed by atoms with van der Waals surface area (Å²) < 4.78 is 0. The minimum atomic E-state index is 0.369. The van der Waals surface area contributed by atoms with Gasteiger partial charge in [0.2, 0.25) is 0 Å². The molecule has 0 aromatic carbocycles. The Hall–Kier alpha value is -0.680. The van der Waals surface area contributed by atoms with Crippen molar-refractivity contribution in [3.8, 4) is 0 Å². The molecule has 0 amide bonds. The van der Waals surface area contributed by atoms with Crippen LogP contribution in [0.1, 0.15) is 24.5 Å². The van der Waals surface area contributed by atoms with Gasteiger partial charge in [0.15, 0.2) is 5.11 Å². The molecule has 0 aliphatic carbocycles. The normalized spacial score (nSPS) is 10.3. The molecule has 1 aromatic rings. The van der Waals surface area contributed by atoms with Gasteiger partial charge in [0.1, 0.15) is 5.01 Å². The van der Waals surface area contributed by atoms with Gasteiger partial charge < -0.3 is 10.6 Å². The third kappa shape index (κ3) is 4.02. The van der Waals surface area contributed by atoms with Crippen LogP contribution in [0.2, 0.25) is 0 Å². The lowest BCUT2D eigenvalue weighted by atomic mass is 10.4. The molecule has 0 atom stereocenters. The SMILES string of the molecule is Cc1csc(CNC(=S)NC(C)C)n1. The second-order valence-corrected chi connectivity index (χ2v) is 4.72. The minimum absolute atomic E-state index is 0.369. The van der Waals surface area contributed by atoms with Gasteiger partial charge in [-0.15, -0.1) is 11.3 Å². The third-order valence-electron chi connectivity index (χ3n) is 1.49. The molecule has 0 bridgehead atoms. The first-order valence-corrected chi connectivity index (χ1v) is 5.82. The van der Waals surface area contributed by atoms with Crippen LogP contribution in [0, 0.1) is 6.92 Å². The fraction of sp³-hybridized carbons (Fsp3) is 0.556. The first-order valence-electron chi connectivity index (χ1n) is 4.53. The lowest BCUT2D eigenvalue weighted by Gasteiger charge is -2.11. The maximum absolute atomic E-state index is 5.09. The van der Waals surface area contributed by atoms with Gasteiger partial charge in [0.05, 0.1) is 6.54 Å². The predicted octanol–water partition coefficient (Wildman–Crippen LogP) is 1.82. The van der Waals surface area contributed by atoms with Crippen LogP contribution >= 0.6 is 23.6 Å². The highest BCUT2D eigenvalue weighted by Gasteiger charge is 2.00. The Morgan fingerprint density at radius 3 is 2.86 bits per heavy atom. The van der Waals surface area contributed by atoms with Crippen LogP contribution in [0.3, 0.4) is 0 Å². The fourth-order valence-corrected chi connectivity index (χ4v) is 1.97. The third-order valence-corrected chi connectivity index (χ3v) is 2.72. The molecule has 0 saturated heterocycles. The summed E-state index contributed by atoms with van der Waals surface area (Å²) in [4.78, 5) is 4.33.